The minimum Gasteiger partial charge on any atom is -0.483 e. The standard InChI is InChI=1S/C39H40N6O8S2/c1-2-17-55(51,52)43-15-13-26(14-16-43)44-21-29(24-5-3-6-25(19-24)36(40)54)27-10-9-23(18-31(27)44)20-41-34(47)22-53-32-8-4-7-28-35(32)39(50)45(38(28)49)30-11-12-33(46)42-37(30)48/h3-10,18-19,21,26,30H,2,11-17,20,22H2,1H3,(H2,40,54)(H,41,47)(H,42,46,48). The van der Waals surface area contributed by atoms with E-state index < -0.39 is 52.2 Å². The normalized spacial score (nSPS) is 18.1. The van der Waals surface area contributed by atoms with Gasteiger partial charge in [-0.05, 0) is 61.1 Å². The third-order valence-electron chi connectivity index (χ3n) is 10.3. The number of nitrogens with one attached hydrogen (secondary N) is 2. The third-order valence-corrected chi connectivity index (χ3v) is 12.6. The molecule has 3 aromatic carbocycles. The molecule has 14 nitrogen and oxygen atoms in total. The van der Waals surface area contributed by atoms with Crippen molar-refractivity contribution in [2.45, 2.75) is 57.7 Å². The van der Waals surface area contributed by atoms with Crippen LogP contribution in [0, 0.1) is 0 Å². The van der Waals surface area contributed by atoms with Crippen molar-refractivity contribution >= 4 is 67.7 Å². The Morgan fingerprint density at radius 2 is 1.75 bits per heavy atom. The van der Waals surface area contributed by atoms with Gasteiger partial charge in [-0.1, -0.05) is 55.5 Å². The van der Waals surface area contributed by atoms with Gasteiger partial charge in [-0.15, -0.1) is 0 Å². The summed E-state index contributed by atoms with van der Waals surface area (Å²) in [6.45, 7) is 2.42. The third kappa shape index (κ3) is 7.49. The van der Waals surface area contributed by atoms with E-state index >= 15 is 0 Å². The summed E-state index contributed by atoms with van der Waals surface area (Å²) in [5.41, 5.74) is 10.3. The molecule has 7 rings (SSSR count). The second-order valence-corrected chi connectivity index (χ2v) is 16.4. The maximum atomic E-state index is 13.4. The molecule has 0 spiro atoms. The first kappa shape index (κ1) is 37.8. The van der Waals surface area contributed by atoms with Crippen molar-refractivity contribution in [1.29, 1.82) is 0 Å². The second kappa shape index (κ2) is 15.4. The summed E-state index contributed by atoms with van der Waals surface area (Å²) < 4.78 is 35.1. The SMILES string of the molecule is CCCS(=O)(=O)N1CCC(n2cc(-c3cccc(C(N)=S)c3)c3ccc(CNC(=O)COc4cccc5c4C(=O)N(C4CCC(=O)NC4=O)C5=O)cc32)CC1. The Balaban J connectivity index is 1.07. The fourth-order valence-corrected chi connectivity index (χ4v) is 9.23. The number of hydrogen-bond acceptors (Lipinski definition) is 9. The summed E-state index contributed by atoms with van der Waals surface area (Å²) in [4.78, 5) is 64.9. The van der Waals surface area contributed by atoms with Gasteiger partial charge >= 0.3 is 0 Å². The summed E-state index contributed by atoms with van der Waals surface area (Å²) in [7, 11) is -3.31. The van der Waals surface area contributed by atoms with Crippen molar-refractivity contribution in [3.63, 3.8) is 0 Å². The zero-order valence-corrected chi connectivity index (χ0v) is 31.7. The Labute approximate surface area is 323 Å². The van der Waals surface area contributed by atoms with Gasteiger partial charge in [-0.3, -0.25) is 34.2 Å². The van der Waals surface area contributed by atoms with E-state index in [-0.39, 0.29) is 48.1 Å². The number of carbonyl (C=O) groups is 5. The maximum Gasteiger partial charge on any atom is 0.266 e. The number of ether oxygens (including phenoxy) is 1. The number of nitrogens with zero attached hydrogens (tertiary/aromatic N) is 3. The number of fused-ring (bicyclic) bond motifs is 2. The first-order chi connectivity index (χ1) is 26.4. The maximum absolute atomic E-state index is 13.4. The molecule has 1 atom stereocenters. The van der Waals surface area contributed by atoms with E-state index in [4.69, 9.17) is 22.7 Å². The molecule has 3 aliphatic rings. The van der Waals surface area contributed by atoms with Crippen molar-refractivity contribution in [3.05, 3.63) is 89.1 Å². The monoisotopic (exact) mass is 784 g/mol. The molecule has 16 heteroatoms. The molecule has 2 fully saturated rings. The highest BCUT2D eigenvalue weighted by Crippen LogP contribution is 2.37. The van der Waals surface area contributed by atoms with Gasteiger partial charge in [0.05, 0.1) is 16.9 Å². The highest BCUT2D eigenvalue weighted by atomic mass is 32.2. The van der Waals surface area contributed by atoms with Crippen LogP contribution in [0.1, 0.15) is 76.9 Å². The van der Waals surface area contributed by atoms with Crippen molar-refractivity contribution in [1.82, 2.24) is 24.4 Å². The molecule has 5 amide bonds. The molecular formula is C39H40N6O8S2. The predicted molar refractivity (Wildman–Crippen MR) is 208 cm³/mol. The lowest BCUT2D eigenvalue weighted by Gasteiger charge is -2.32. The molecule has 0 aliphatic carbocycles. The Morgan fingerprint density at radius 1 is 0.982 bits per heavy atom. The Kier molecular flexibility index (Phi) is 10.6. The Bertz CT molecular complexity index is 2370. The number of aromatic nitrogens is 1. The highest BCUT2D eigenvalue weighted by Gasteiger charge is 2.46. The van der Waals surface area contributed by atoms with Crippen LogP contribution in [0.4, 0.5) is 0 Å². The molecule has 0 radical (unpaired) electrons. The zero-order chi connectivity index (χ0) is 39.0. The molecule has 55 heavy (non-hydrogen) atoms. The van der Waals surface area contributed by atoms with Crippen molar-refractivity contribution in [2.75, 3.05) is 25.4 Å². The van der Waals surface area contributed by atoms with Crippen molar-refractivity contribution in [2.24, 2.45) is 5.73 Å². The van der Waals surface area contributed by atoms with Crippen LogP contribution in [0.15, 0.2) is 66.9 Å². The fraction of sp³-hybridized carbons (Fsp3) is 0.333. The summed E-state index contributed by atoms with van der Waals surface area (Å²) in [6.07, 6.45) is 3.94. The van der Waals surface area contributed by atoms with E-state index in [9.17, 15) is 32.4 Å². The summed E-state index contributed by atoms with van der Waals surface area (Å²) in [5.74, 6) is -2.90. The van der Waals surface area contributed by atoms with Gasteiger partial charge in [0.1, 0.15) is 16.8 Å². The summed E-state index contributed by atoms with van der Waals surface area (Å²) >= 11 is 5.24. The van der Waals surface area contributed by atoms with Crippen LogP contribution in [-0.2, 0) is 31.0 Å². The summed E-state index contributed by atoms with van der Waals surface area (Å²) in [6, 6.07) is 17.0. The van der Waals surface area contributed by atoms with E-state index in [1.165, 1.54) is 18.2 Å². The first-order valence-corrected chi connectivity index (χ1v) is 20.1. The quantitative estimate of drug-likeness (QED) is 0.142. The van der Waals surface area contributed by atoms with Crippen LogP contribution >= 0.6 is 12.2 Å². The fourth-order valence-electron chi connectivity index (χ4n) is 7.56. The Hall–Kier alpha value is -5.45. The molecule has 2 saturated heterocycles. The number of rotatable bonds is 12. The Morgan fingerprint density at radius 3 is 2.47 bits per heavy atom. The number of nitrogens with two attached hydrogens (primary N) is 1. The average Bonchev–Trinajstić information content (AvgIpc) is 3.67. The van der Waals surface area contributed by atoms with Crippen molar-refractivity contribution < 1.29 is 37.1 Å². The highest BCUT2D eigenvalue weighted by molar-refractivity contribution is 7.89. The van der Waals surface area contributed by atoms with Crippen LogP contribution in [0.25, 0.3) is 22.0 Å². The van der Waals surface area contributed by atoms with Gasteiger partial charge in [0.2, 0.25) is 21.8 Å². The lowest BCUT2D eigenvalue weighted by Crippen LogP contribution is -2.54. The van der Waals surface area contributed by atoms with Gasteiger partial charge in [-0.25, -0.2) is 12.7 Å². The van der Waals surface area contributed by atoms with Gasteiger partial charge in [0.25, 0.3) is 17.7 Å². The van der Waals surface area contributed by atoms with Gasteiger partial charge in [0.15, 0.2) is 6.61 Å². The number of sulfonamides is 1. The van der Waals surface area contributed by atoms with E-state index in [2.05, 4.69) is 21.4 Å². The molecule has 1 aromatic heterocycles. The van der Waals surface area contributed by atoms with Crippen LogP contribution in [0.5, 0.6) is 5.75 Å². The van der Waals surface area contributed by atoms with Crippen molar-refractivity contribution in [3.8, 4) is 16.9 Å². The largest absolute Gasteiger partial charge is 0.483 e. The van der Waals surface area contributed by atoms with Crippen LogP contribution < -0.4 is 21.1 Å². The number of piperidine rings is 2. The number of hydrogen-bond donors (Lipinski definition) is 3. The smallest absolute Gasteiger partial charge is 0.266 e. The molecule has 0 saturated carbocycles. The van der Waals surface area contributed by atoms with E-state index in [1.807, 2.05) is 49.4 Å². The lowest BCUT2D eigenvalue weighted by atomic mass is 10.0. The van der Waals surface area contributed by atoms with Crippen LogP contribution in [0.2, 0.25) is 0 Å². The van der Waals surface area contributed by atoms with Gasteiger partial charge in [0, 0.05) is 60.3 Å². The average molecular weight is 785 g/mol. The topological polar surface area (TPSA) is 190 Å². The minimum absolute atomic E-state index is 0.00406. The van der Waals surface area contributed by atoms with Gasteiger partial charge < -0.3 is 20.4 Å². The second-order valence-electron chi connectivity index (χ2n) is 13.9. The molecule has 4 heterocycles. The first-order valence-electron chi connectivity index (χ1n) is 18.1. The number of thiocarbonyl (C=S) groups is 1. The molecule has 4 aromatic rings. The molecule has 4 N–H and O–H groups in total. The van der Waals surface area contributed by atoms with Crippen LogP contribution in [-0.4, -0.2) is 88.2 Å². The number of imide groups is 2. The van der Waals surface area contributed by atoms with Gasteiger partial charge in [-0.2, -0.15) is 0 Å². The summed E-state index contributed by atoms with van der Waals surface area (Å²) in [5, 5.41) is 6.01. The van der Waals surface area contributed by atoms with Crippen LogP contribution in [0.3, 0.4) is 0 Å². The van der Waals surface area contributed by atoms with E-state index in [0.29, 0.717) is 37.3 Å². The minimum atomic E-state index is -3.31. The van der Waals surface area contributed by atoms with E-state index in [0.717, 1.165) is 38.1 Å². The molecule has 1 unspecified atom stereocenters. The molecule has 286 valence electrons. The number of benzene rings is 3. The lowest BCUT2D eigenvalue weighted by molar-refractivity contribution is -0.136. The predicted octanol–water partition coefficient (Wildman–Crippen LogP) is 3.42. The zero-order valence-electron chi connectivity index (χ0n) is 30.1. The number of carbonyl (C=O) groups excluding carboxylic acids is 5. The number of amides is 5. The molecular weight excluding hydrogens is 745 g/mol. The van der Waals surface area contributed by atoms with E-state index in [1.54, 1.807) is 4.31 Å². The molecule has 3 aliphatic heterocycles. The molecule has 0 bridgehead atoms.